The Bertz CT molecular complexity index is 505. The monoisotopic (exact) mass is 344 g/mol. The van der Waals surface area contributed by atoms with Crippen molar-refractivity contribution in [3.8, 4) is 0 Å². The molecule has 0 bridgehead atoms. The summed E-state index contributed by atoms with van der Waals surface area (Å²) in [5.74, 6) is 0.494. The molecule has 8 heteroatoms. The maximum absolute atomic E-state index is 12.1. The van der Waals surface area contributed by atoms with E-state index in [0.29, 0.717) is 25.4 Å². The van der Waals surface area contributed by atoms with E-state index in [4.69, 9.17) is 0 Å². The molecule has 1 N–H and O–H groups in total. The lowest BCUT2D eigenvalue weighted by atomic mass is 10.3. The number of hydrogen-bond acceptors (Lipinski definition) is 5. The van der Waals surface area contributed by atoms with E-state index in [2.05, 4.69) is 15.2 Å². The van der Waals surface area contributed by atoms with Gasteiger partial charge in [-0.3, -0.25) is 4.21 Å². The number of carbonyl (C=O) groups is 1. The summed E-state index contributed by atoms with van der Waals surface area (Å²) < 4.78 is 11.7. The van der Waals surface area contributed by atoms with Crippen molar-refractivity contribution < 1.29 is 9.00 Å². The van der Waals surface area contributed by atoms with Gasteiger partial charge in [0.1, 0.15) is 0 Å². The fourth-order valence-corrected chi connectivity index (χ4v) is 3.74. The predicted molar refractivity (Wildman–Crippen MR) is 92.1 cm³/mol. The molecule has 124 valence electrons. The molecule has 0 saturated carbocycles. The number of thiazole rings is 1. The zero-order valence-electron chi connectivity index (χ0n) is 13.4. The van der Waals surface area contributed by atoms with E-state index in [0.717, 1.165) is 18.2 Å². The Labute approximate surface area is 138 Å². The normalized spacial score (nSPS) is 17.4. The summed E-state index contributed by atoms with van der Waals surface area (Å²) in [5, 5.41) is 5.84. The van der Waals surface area contributed by atoms with Crippen molar-refractivity contribution in [1.29, 1.82) is 0 Å². The fourth-order valence-electron chi connectivity index (χ4n) is 2.14. The van der Waals surface area contributed by atoms with Crippen molar-refractivity contribution in [3.63, 3.8) is 0 Å². The van der Waals surface area contributed by atoms with Crippen molar-refractivity contribution in [2.45, 2.75) is 25.5 Å². The number of anilines is 1. The standard InChI is InChI=1S/C14H24N4O2S2/c1-14(2,3)22(20)11-5-15-12(19)17-6-8-18(9-7-17)13-16-4-10-21-13/h4,10H,5-9,11H2,1-3H3,(H,15,19). The first-order valence-corrected chi connectivity index (χ1v) is 9.63. The van der Waals surface area contributed by atoms with Crippen LogP contribution in [0.25, 0.3) is 0 Å². The number of carbonyl (C=O) groups excluding carboxylic acids is 1. The number of hydrogen-bond donors (Lipinski definition) is 1. The average molecular weight is 345 g/mol. The van der Waals surface area contributed by atoms with Crippen molar-refractivity contribution in [3.05, 3.63) is 11.6 Å². The minimum absolute atomic E-state index is 0.0651. The first-order valence-electron chi connectivity index (χ1n) is 7.43. The third-order valence-corrected chi connectivity index (χ3v) is 6.28. The third kappa shape index (κ3) is 4.67. The van der Waals surface area contributed by atoms with Gasteiger partial charge in [-0.15, -0.1) is 11.3 Å². The smallest absolute Gasteiger partial charge is 0.317 e. The van der Waals surface area contributed by atoms with Gasteiger partial charge in [0, 0.05) is 65.6 Å². The van der Waals surface area contributed by atoms with Crippen LogP contribution in [0.3, 0.4) is 0 Å². The van der Waals surface area contributed by atoms with Gasteiger partial charge in [0.15, 0.2) is 5.13 Å². The summed E-state index contributed by atoms with van der Waals surface area (Å²) in [6, 6.07) is -0.0651. The number of nitrogens with zero attached hydrogens (tertiary/aromatic N) is 3. The van der Waals surface area contributed by atoms with Crippen LogP contribution in [0.5, 0.6) is 0 Å². The van der Waals surface area contributed by atoms with Gasteiger partial charge in [0.2, 0.25) is 0 Å². The molecule has 1 saturated heterocycles. The van der Waals surface area contributed by atoms with Crippen LogP contribution in [0.4, 0.5) is 9.93 Å². The van der Waals surface area contributed by atoms with Crippen LogP contribution in [0, 0.1) is 0 Å². The van der Waals surface area contributed by atoms with Crippen LogP contribution in [0.2, 0.25) is 0 Å². The first-order chi connectivity index (χ1) is 10.4. The molecule has 0 radical (unpaired) electrons. The molecule has 1 aromatic rings. The molecule has 2 heterocycles. The van der Waals surface area contributed by atoms with Crippen LogP contribution in [-0.2, 0) is 10.8 Å². The number of urea groups is 1. The lowest BCUT2D eigenvalue weighted by Gasteiger charge is -2.34. The number of rotatable bonds is 4. The Kier molecular flexibility index (Phi) is 5.80. The van der Waals surface area contributed by atoms with Gasteiger partial charge in [0.05, 0.1) is 0 Å². The maximum atomic E-state index is 12.1. The van der Waals surface area contributed by atoms with Crippen molar-refractivity contribution in [1.82, 2.24) is 15.2 Å². The van der Waals surface area contributed by atoms with E-state index in [1.54, 1.807) is 17.5 Å². The molecule has 1 aliphatic heterocycles. The highest BCUT2D eigenvalue weighted by molar-refractivity contribution is 7.86. The molecule has 0 aliphatic carbocycles. The Morgan fingerprint density at radius 1 is 1.36 bits per heavy atom. The second-order valence-electron chi connectivity index (χ2n) is 6.18. The number of nitrogens with one attached hydrogen (secondary N) is 1. The van der Waals surface area contributed by atoms with E-state index in [1.807, 2.05) is 31.1 Å². The van der Waals surface area contributed by atoms with Crippen LogP contribution in [0.15, 0.2) is 11.6 Å². The Morgan fingerprint density at radius 2 is 2.05 bits per heavy atom. The third-order valence-electron chi connectivity index (χ3n) is 3.50. The molecule has 1 fully saturated rings. The van der Waals surface area contributed by atoms with Gasteiger partial charge in [-0.1, -0.05) is 0 Å². The second-order valence-corrected chi connectivity index (χ2v) is 9.38. The molecular weight excluding hydrogens is 320 g/mol. The molecule has 1 aliphatic rings. The van der Waals surface area contributed by atoms with Gasteiger partial charge < -0.3 is 15.1 Å². The van der Waals surface area contributed by atoms with Gasteiger partial charge in [-0.05, 0) is 20.8 Å². The summed E-state index contributed by atoms with van der Waals surface area (Å²) >= 11 is 1.62. The van der Waals surface area contributed by atoms with Crippen LogP contribution in [-0.4, -0.2) is 63.3 Å². The second kappa shape index (κ2) is 7.41. The van der Waals surface area contributed by atoms with Crippen LogP contribution < -0.4 is 10.2 Å². The Hall–Kier alpha value is -1.15. The largest absolute Gasteiger partial charge is 0.345 e. The van der Waals surface area contributed by atoms with Crippen LogP contribution >= 0.6 is 11.3 Å². The number of amides is 2. The summed E-state index contributed by atoms with van der Waals surface area (Å²) in [5.41, 5.74) is 0. The minimum atomic E-state index is -0.933. The summed E-state index contributed by atoms with van der Waals surface area (Å²) in [6.07, 6.45) is 1.80. The number of aromatic nitrogens is 1. The van der Waals surface area contributed by atoms with Gasteiger partial charge >= 0.3 is 6.03 Å². The predicted octanol–water partition coefficient (Wildman–Crippen LogP) is 1.52. The van der Waals surface area contributed by atoms with Gasteiger partial charge in [0.25, 0.3) is 0 Å². The quantitative estimate of drug-likeness (QED) is 0.899. The Morgan fingerprint density at radius 3 is 2.59 bits per heavy atom. The van der Waals surface area contributed by atoms with E-state index in [-0.39, 0.29) is 10.8 Å². The van der Waals surface area contributed by atoms with E-state index in [9.17, 15) is 9.00 Å². The van der Waals surface area contributed by atoms with Gasteiger partial charge in [-0.2, -0.15) is 0 Å². The first kappa shape index (κ1) is 17.2. The molecule has 6 nitrogen and oxygen atoms in total. The van der Waals surface area contributed by atoms with Crippen LogP contribution in [0.1, 0.15) is 20.8 Å². The molecule has 1 atom stereocenters. The fraction of sp³-hybridized carbons (Fsp3) is 0.714. The lowest BCUT2D eigenvalue weighted by molar-refractivity contribution is 0.195. The van der Waals surface area contributed by atoms with E-state index < -0.39 is 10.8 Å². The molecule has 0 aromatic carbocycles. The molecule has 1 unspecified atom stereocenters. The van der Waals surface area contributed by atoms with Crippen molar-refractivity contribution >= 4 is 33.3 Å². The van der Waals surface area contributed by atoms with Crippen molar-refractivity contribution in [2.24, 2.45) is 0 Å². The Balaban J connectivity index is 1.70. The maximum Gasteiger partial charge on any atom is 0.317 e. The van der Waals surface area contributed by atoms with Gasteiger partial charge in [-0.25, -0.2) is 9.78 Å². The topological polar surface area (TPSA) is 65.5 Å². The summed E-state index contributed by atoms with van der Waals surface area (Å²) in [6.45, 7) is 9.27. The highest BCUT2D eigenvalue weighted by Crippen LogP contribution is 2.18. The van der Waals surface area contributed by atoms with E-state index in [1.165, 1.54) is 0 Å². The molecule has 22 heavy (non-hydrogen) atoms. The minimum Gasteiger partial charge on any atom is -0.345 e. The number of piperazine rings is 1. The summed E-state index contributed by atoms with van der Waals surface area (Å²) in [7, 11) is -0.933. The molecular formula is C14H24N4O2S2. The lowest BCUT2D eigenvalue weighted by Crippen LogP contribution is -2.52. The zero-order valence-corrected chi connectivity index (χ0v) is 15.0. The highest BCUT2D eigenvalue weighted by Gasteiger charge is 2.23. The molecule has 0 spiro atoms. The van der Waals surface area contributed by atoms with E-state index >= 15 is 0 Å². The highest BCUT2D eigenvalue weighted by atomic mass is 32.2. The summed E-state index contributed by atoms with van der Waals surface area (Å²) in [4.78, 5) is 20.4. The molecule has 2 rings (SSSR count). The molecule has 2 amide bonds. The average Bonchev–Trinajstić information content (AvgIpc) is 3.00. The zero-order chi connectivity index (χ0) is 16.2. The van der Waals surface area contributed by atoms with Crippen molar-refractivity contribution in [2.75, 3.05) is 43.4 Å². The SMILES string of the molecule is CC(C)(C)S(=O)CCNC(=O)N1CCN(c2nccs2)CC1. The molecule has 1 aromatic heterocycles.